The van der Waals surface area contributed by atoms with Crippen LogP contribution in [0.25, 0.3) is 27.7 Å². The van der Waals surface area contributed by atoms with Crippen molar-refractivity contribution in [1.29, 1.82) is 0 Å². The monoisotopic (exact) mass is 365 g/mol. The lowest BCUT2D eigenvalue weighted by molar-refractivity contribution is -0.654. The first-order chi connectivity index (χ1) is 13.6. The molecule has 0 saturated heterocycles. The van der Waals surface area contributed by atoms with Crippen molar-refractivity contribution in [1.82, 2.24) is 4.81 Å². The molecule has 2 aromatic carbocycles. The Morgan fingerprint density at radius 3 is 2.50 bits per heavy atom. The van der Waals surface area contributed by atoms with E-state index in [-0.39, 0.29) is 6.85 Å². The van der Waals surface area contributed by atoms with Crippen LogP contribution >= 0.6 is 0 Å². The Bertz CT molecular complexity index is 1210. The first-order valence-electron chi connectivity index (χ1n) is 9.60. The summed E-state index contributed by atoms with van der Waals surface area (Å²) in [5.74, 6) is 0. The molecule has 4 heteroatoms. The first-order valence-corrected chi connectivity index (χ1v) is 9.60. The summed E-state index contributed by atoms with van der Waals surface area (Å²) in [6.45, 7) is 2.19. The first kappa shape index (κ1) is 16.9. The fourth-order valence-corrected chi connectivity index (χ4v) is 4.31. The lowest BCUT2D eigenvalue weighted by Crippen LogP contribution is -2.65. The Hall–Kier alpha value is -3.27. The molecule has 0 N–H and O–H groups in total. The standard InChI is InChI=1S/C24H22BN2O/c1-17-16-27(3)25(24-23(17)20-11-7-8-12-21(20)28-24)22-15-19(13-14-26(22)2)18-9-5-4-6-10-18/h4-16H,1-3H3/q+1. The van der Waals surface area contributed by atoms with Crippen molar-refractivity contribution < 1.29 is 8.98 Å². The van der Waals surface area contributed by atoms with Gasteiger partial charge in [-0.25, -0.2) is 4.57 Å². The molecule has 3 nitrogen and oxygen atoms in total. The van der Waals surface area contributed by atoms with Crippen LogP contribution < -0.4 is 15.8 Å². The van der Waals surface area contributed by atoms with Gasteiger partial charge in [-0.05, 0) is 42.9 Å². The Morgan fingerprint density at radius 2 is 1.68 bits per heavy atom. The molecular formula is C24H22BN2O+. The number of rotatable bonds is 2. The number of allylic oxidation sites excluding steroid dienone is 1. The molecule has 3 heterocycles. The zero-order valence-electron chi connectivity index (χ0n) is 16.4. The highest BCUT2D eigenvalue weighted by Crippen LogP contribution is 2.29. The predicted molar refractivity (Wildman–Crippen MR) is 116 cm³/mol. The van der Waals surface area contributed by atoms with Gasteiger partial charge in [-0.15, -0.1) is 0 Å². The maximum absolute atomic E-state index is 6.40. The molecule has 28 heavy (non-hydrogen) atoms. The van der Waals surface area contributed by atoms with Crippen LogP contribution in [0.15, 0.2) is 83.5 Å². The van der Waals surface area contributed by atoms with Crippen molar-refractivity contribution in [3.05, 3.63) is 84.7 Å². The Balaban J connectivity index is 1.72. The summed E-state index contributed by atoms with van der Waals surface area (Å²) < 4.78 is 8.60. The van der Waals surface area contributed by atoms with Crippen molar-refractivity contribution in [3.63, 3.8) is 0 Å². The predicted octanol–water partition coefficient (Wildman–Crippen LogP) is 3.34. The molecule has 2 aromatic heterocycles. The molecule has 136 valence electrons. The van der Waals surface area contributed by atoms with Gasteiger partial charge in [0.15, 0.2) is 11.8 Å². The Kier molecular flexibility index (Phi) is 3.87. The minimum Gasteiger partial charge on any atom is -0.467 e. The molecular weight excluding hydrogens is 343 g/mol. The fourth-order valence-electron chi connectivity index (χ4n) is 4.31. The van der Waals surface area contributed by atoms with Gasteiger partial charge in [-0.3, -0.25) is 0 Å². The zero-order valence-corrected chi connectivity index (χ0v) is 16.4. The molecule has 0 radical (unpaired) electrons. The topological polar surface area (TPSA) is 20.3 Å². The number of para-hydroxylation sites is 1. The van der Waals surface area contributed by atoms with Crippen LogP contribution in [0.3, 0.4) is 0 Å². The molecule has 0 fully saturated rings. The number of nitrogens with zero attached hydrogens (tertiary/aromatic N) is 2. The van der Waals surface area contributed by atoms with E-state index in [9.17, 15) is 0 Å². The van der Waals surface area contributed by atoms with Crippen LogP contribution in [0, 0.1) is 0 Å². The SMILES string of the molecule is CC1=CN(C)B(c2cc(-c3ccccc3)cc[n+]2C)c2oc3ccccc3c21. The number of furan rings is 1. The third-order valence-corrected chi connectivity index (χ3v) is 5.65. The summed E-state index contributed by atoms with van der Waals surface area (Å²) in [7, 11) is 4.23. The lowest BCUT2D eigenvalue weighted by atomic mass is 9.51. The van der Waals surface area contributed by atoms with Crippen LogP contribution in [0.2, 0.25) is 0 Å². The fraction of sp³-hybridized carbons (Fsp3) is 0.125. The molecule has 1 aliphatic heterocycles. The van der Waals surface area contributed by atoms with Gasteiger partial charge in [-0.2, -0.15) is 0 Å². The van der Waals surface area contributed by atoms with Crippen molar-refractivity contribution in [2.24, 2.45) is 7.05 Å². The van der Waals surface area contributed by atoms with E-state index in [0.29, 0.717) is 0 Å². The lowest BCUT2D eigenvalue weighted by Gasteiger charge is -2.26. The molecule has 0 aliphatic carbocycles. The van der Waals surface area contributed by atoms with E-state index in [1.54, 1.807) is 0 Å². The molecule has 5 rings (SSSR count). The summed E-state index contributed by atoms with van der Waals surface area (Å²) in [5, 5.41) is 1.19. The van der Waals surface area contributed by atoms with E-state index >= 15 is 0 Å². The Morgan fingerprint density at radius 1 is 0.929 bits per heavy atom. The molecule has 4 aromatic rings. The highest BCUT2D eigenvalue weighted by molar-refractivity contribution is 6.82. The minimum atomic E-state index is 0.0276. The summed E-state index contributed by atoms with van der Waals surface area (Å²) >= 11 is 0. The van der Waals surface area contributed by atoms with E-state index in [0.717, 1.165) is 11.2 Å². The molecule has 0 spiro atoms. The maximum atomic E-state index is 6.40. The number of benzene rings is 2. The van der Waals surface area contributed by atoms with Crippen molar-refractivity contribution >= 4 is 34.6 Å². The maximum Gasteiger partial charge on any atom is 0.443 e. The summed E-state index contributed by atoms with van der Waals surface area (Å²) in [5.41, 5.74) is 8.06. The largest absolute Gasteiger partial charge is 0.467 e. The average Bonchev–Trinajstić information content (AvgIpc) is 3.09. The number of aromatic nitrogens is 1. The van der Waals surface area contributed by atoms with Gasteiger partial charge >= 0.3 is 6.85 Å². The van der Waals surface area contributed by atoms with Gasteiger partial charge < -0.3 is 9.23 Å². The van der Waals surface area contributed by atoms with Gasteiger partial charge in [0, 0.05) is 23.1 Å². The van der Waals surface area contributed by atoms with Gasteiger partial charge in [0.25, 0.3) is 0 Å². The number of fused-ring (bicyclic) bond motifs is 3. The second kappa shape index (κ2) is 6.41. The molecule has 0 unspecified atom stereocenters. The minimum absolute atomic E-state index is 0.0276. The van der Waals surface area contributed by atoms with Crippen LogP contribution in [0.5, 0.6) is 0 Å². The van der Waals surface area contributed by atoms with Crippen LogP contribution in [0.4, 0.5) is 0 Å². The van der Waals surface area contributed by atoms with E-state index in [1.165, 1.54) is 33.2 Å². The van der Waals surface area contributed by atoms with Crippen LogP contribution in [-0.2, 0) is 7.05 Å². The van der Waals surface area contributed by atoms with E-state index < -0.39 is 0 Å². The highest BCUT2D eigenvalue weighted by atomic mass is 16.3. The molecule has 0 amide bonds. The molecule has 0 bridgehead atoms. The number of pyridine rings is 1. The van der Waals surface area contributed by atoms with Crippen LogP contribution in [0.1, 0.15) is 12.5 Å². The number of aryl methyl sites for hydroxylation is 1. The van der Waals surface area contributed by atoms with Gasteiger partial charge in [0.2, 0.25) is 0 Å². The third kappa shape index (κ3) is 2.56. The van der Waals surface area contributed by atoms with E-state index in [1.807, 2.05) is 6.07 Å². The molecule has 0 atom stereocenters. The van der Waals surface area contributed by atoms with Gasteiger partial charge in [-0.1, -0.05) is 48.5 Å². The van der Waals surface area contributed by atoms with Crippen LogP contribution in [-0.4, -0.2) is 18.7 Å². The summed E-state index contributed by atoms with van der Waals surface area (Å²) in [4.78, 5) is 2.25. The quantitative estimate of drug-likeness (QED) is 0.401. The second-order valence-corrected chi connectivity index (χ2v) is 7.53. The summed E-state index contributed by atoms with van der Waals surface area (Å²) in [6.07, 6.45) is 4.36. The third-order valence-electron chi connectivity index (χ3n) is 5.65. The zero-order chi connectivity index (χ0) is 19.3. The number of hydrogen-bond acceptors (Lipinski definition) is 2. The smallest absolute Gasteiger partial charge is 0.443 e. The van der Waals surface area contributed by atoms with Gasteiger partial charge in [0.1, 0.15) is 18.3 Å². The van der Waals surface area contributed by atoms with E-state index in [4.69, 9.17) is 4.42 Å². The van der Waals surface area contributed by atoms with E-state index in [2.05, 4.69) is 103 Å². The van der Waals surface area contributed by atoms with Crippen molar-refractivity contribution in [2.45, 2.75) is 6.92 Å². The van der Waals surface area contributed by atoms with Crippen molar-refractivity contribution in [3.8, 4) is 11.1 Å². The molecule has 0 saturated carbocycles. The summed E-state index contributed by atoms with van der Waals surface area (Å²) in [6, 6.07) is 23.3. The van der Waals surface area contributed by atoms with Crippen molar-refractivity contribution in [2.75, 3.05) is 7.05 Å². The normalized spacial score (nSPS) is 13.6. The highest BCUT2D eigenvalue weighted by Gasteiger charge is 2.41. The number of hydrogen-bond donors (Lipinski definition) is 0. The molecule has 1 aliphatic rings. The van der Waals surface area contributed by atoms with Gasteiger partial charge in [0.05, 0.1) is 0 Å². The Labute approximate surface area is 165 Å². The average molecular weight is 365 g/mol. The second-order valence-electron chi connectivity index (χ2n) is 7.53.